The zero-order chi connectivity index (χ0) is 18.9. The molecule has 0 saturated carbocycles. The van der Waals surface area contributed by atoms with Gasteiger partial charge in [-0.25, -0.2) is 9.97 Å². The first kappa shape index (κ1) is 16.9. The highest BCUT2D eigenvalue weighted by Gasteiger charge is 2.24. The number of nitrogens with one attached hydrogen (secondary N) is 1. The van der Waals surface area contributed by atoms with E-state index in [2.05, 4.69) is 75.5 Å². The van der Waals surface area contributed by atoms with E-state index in [0.29, 0.717) is 0 Å². The van der Waals surface area contributed by atoms with Gasteiger partial charge in [-0.15, -0.1) is 0 Å². The molecule has 0 amide bonds. The van der Waals surface area contributed by atoms with Crippen molar-refractivity contribution in [2.24, 2.45) is 0 Å². The summed E-state index contributed by atoms with van der Waals surface area (Å²) in [6, 6.07) is 17.0. The predicted molar refractivity (Wildman–Crippen MR) is 113 cm³/mol. The number of H-pyrrole nitrogens is 1. The van der Waals surface area contributed by atoms with E-state index in [9.17, 15) is 0 Å². The summed E-state index contributed by atoms with van der Waals surface area (Å²) < 4.78 is 0. The molecule has 5 heteroatoms. The van der Waals surface area contributed by atoms with Crippen LogP contribution in [0.25, 0.3) is 33.4 Å². The predicted octanol–water partition coefficient (Wildman–Crippen LogP) is 4.99. The van der Waals surface area contributed by atoms with Crippen molar-refractivity contribution in [2.45, 2.75) is 26.2 Å². The molecule has 5 nitrogen and oxygen atoms in total. The molecule has 2 aromatic carbocycles. The van der Waals surface area contributed by atoms with E-state index in [1.54, 1.807) is 6.33 Å². The van der Waals surface area contributed by atoms with Crippen LogP contribution in [-0.2, 0) is 0 Å². The molecule has 0 radical (unpaired) electrons. The minimum absolute atomic E-state index is 0.773. The second-order valence-electron chi connectivity index (χ2n) is 7.45. The van der Waals surface area contributed by atoms with Gasteiger partial charge in [0.05, 0.1) is 11.1 Å². The number of hydrogen-bond donors (Lipinski definition) is 1. The van der Waals surface area contributed by atoms with Crippen LogP contribution in [0.15, 0.2) is 54.9 Å². The zero-order valence-corrected chi connectivity index (χ0v) is 16.0. The van der Waals surface area contributed by atoms with Crippen molar-refractivity contribution in [3.8, 4) is 22.5 Å². The van der Waals surface area contributed by atoms with Crippen molar-refractivity contribution < 1.29 is 0 Å². The van der Waals surface area contributed by atoms with Crippen LogP contribution in [0.1, 0.15) is 24.8 Å². The maximum absolute atomic E-state index is 5.12. The van der Waals surface area contributed by atoms with Gasteiger partial charge >= 0.3 is 0 Å². The lowest BCUT2D eigenvalue weighted by molar-refractivity contribution is 0.574. The standard InChI is InChI=1S/C23H23N5/c1-16-10-11-19-18(14-16)20(17-8-4-2-5-9-17)21(22-24-15-25-27-22)23(26-19)28-12-6-3-7-13-28/h2,4-5,8-11,14-15H,3,6-7,12-13H2,1H3,(H,24,25,27). The zero-order valence-electron chi connectivity index (χ0n) is 16.0. The van der Waals surface area contributed by atoms with E-state index in [1.807, 2.05) is 0 Å². The van der Waals surface area contributed by atoms with E-state index < -0.39 is 0 Å². The summed E-state index contributed by atoms with van der Waals surface area (Å²) in [7, 11) is 0. The van der Waals surface area contributed by atoms with Crippen molar-refractivity contribution in [3.63, 3.8) is 0 Å². The van der Waals surface area contributed by atoms with Crippen molar-refractivity contribution in [1.29, 1.82) is 0 Å². The topological polar surface area (TPSA) is 57.7 Å². The molecule has 0 unspecified atom stereocenters. The highest BCUT2D eigenvalue weighted by Crippen LogP contribution is 2.42. The van der Waals surface area contributed by atoms with Gasteiger partial charge in [0, 0.05) is 24.0 Å². The second-order valence-corrected chi connectivity index (χ2v) is 7.45. The van der Waals surface area contributed by atoms with Gasteiger partial charge in [0.15, 0.2) is 5.82 Å². The smallest absolute Gasteiger partial charge is 0.159 e. The van der Waals surface area contributed by atoms with Crippen LogP contribution in [0.5, 0.6) is 0 Å². The maximum Gasteiger partial charge on any atom is 0.159 e. The third-order valence-corrected chi connectivity index (χ3v) is 5.49. The van der Waals surface area contributed by atoms with Gasteiger partial charge in [-0.2, -0.15) is 5.10 Å². The third-order valence-electron chi connectivity index (χ3n) is 5.49. The molecule has 1 aliphatic heterocycles. The Kier molecular flexibility index (Phi) is 4.28. The highest BCUT2D eigenvalue weighted by molar-refractivity contribution is 6.05. The number of rotatable bonds is 3. The lowest BCUT2D eigenvalue weighted by atomic mass is 9.93. The molecular weight excluding hydrogens is 346 g/mol. The number of anilines is 1. The molecule has 1 fully saturated rings. The lowest BCUT2D eigenvalue weighted by Crippen LogP contribution is -2.31. The Hall–Kier alpha value is -3.21. The molecule has 0 aliphatic carbocycles. The summed E-state index contributed by atoms with van der Waals surface area (Å²) >= 11 is 0. The number of aryl methyl sites for hydroxylation is 1. The first-order valence-electron chi connectivity index (χ1n) is 9.92. The van der Waals surface area contributed by atoms with Gasteiger partial charge in [-0.3, -0.25) is 5.10 Å². The fourth-order valence-electron chi connectivity index (χ4n) is 4.15. The molecule has 5 rings (SSSR count). The van der Waals surface area contributed by atoms with E-state index in [-0.39, 0.29) is 0 Å². The number of nitrogens with zero attached hydrogens (tertiary/aromatic N) is 4. The van der Waals surface area contributed by atoms with Gasteiger partial charge in [-0.1, -0.05) is 42.0 Å². The summed E-state index contributed by atoms with van der Waals surface area (Å²) in [5, 5.41) is 8.38. The second kappa shape index (κ2) is 7.08. The largest absolute Gasteiger partial charge is 0.356 e. The monoisotopic (exact) mass is 369 g/mol. The average molecular weight is 369 g/mol. The van der Waals surface area contributed by atoms with Crippen molar-refractivity contribution in [1.82, 2.24) is 20.2 Å². The molecule has 28 heavy (non-hydrogen) atoms. The SMILES string of the molecule is Cc1ccc2nc(N3CCCCC3)c(-c3ncn[nH]3)c(-c3ccccc3)c2c1. The Balaban J connectivity index is 1.89. The molecule has 4 aromatic rings. The third kappa shape index (κ3) is 2.93. The van der Waals surface area contributed by atoms with Crippen LogP contribution in [0.3, 0.4) is 0 Å². The summed E-state index contributed by atoms with van der Waals surface area (Å²) in [5.41, 5.74) is 5.63. The van der Waals surface area contributed by atoms with Crippen molar-refractivity contribution in [3.05, 3.63) is 60.4 Å². The van der Waals surface area contributed by atoms with Gasteiger partial charge in [0.1, 0.15) is 12.1 Å². The van der Waals surface area contributed by atoms with E-state index in [0.717, 1.165) is 41.2 Å². The summed E-state index contributed by atoms with van der Waals surface area (Å²) in [5.74, 6) is 1.78. The number of pyridine rings is 1. The molecule has 1 saturated heterocycles. The Labute approximate surface area is 164 Å². The fourth-order valence-corrected chi connectivity index (χ4v) is 4.15. The summed E-state index contributed by atoms with van der Waals surface area (Å²) in [4.78, 5) is 12.1. The Morgan fingerprint density at radius 2 is 1.75 bits per heavy atom. The lowest BCUT2D eigenvalue weighted by Gasteiger charge is -2.30. The summed E-state index contributed by atoms with van der Waals surface area (Å²) in [6.45, 7) is 4.18. The summed E-state index contributed by atoms with van der Waals surface area (Å²) in [6.07, 6.45) is 5.26. The molecule has 1 N–H and O–H groups in total. The van der Waals surface area contributed by atoms with Crippen LogP contribution < -0.4 is 4.90 Å². The van der Waals surface area contributed by atoms with Gasteiger partial charge in [0.2, 0.25) is 0 Å². The van der Waals surface area contributed by atoms with Gasteiger partial charge in [0.25, 0.3) is 0 Å². The Morgan fingerprint density at radius 1 is 0.929 bits per heavy atom. The molecule has 3 heterocycles. The first-order chi connectivity index (χ1) is 13.8. The van der Waals surface area contributed by atoms with Crippen LogP contribution in [0.2, 0.25) is 0 Å². The molecule has 0 spiro atoms. The molecule has 140 valence electrons. The molecule has 0 atom stereocenters. The Bertz CT molecular complexity index is 1100. The number of fused-ring (bicyclic) bond motifs is 1. The number of piperidine rings is 1. The van der Waals surface area contributed by atoms with Crippen molar-refractivity contribution >= 4 is 16.7 Å². The number of benzene rings is 2. The highest BCUT2D eigenvalue weighted by atomic mass is 15.2. The van der Waals surface area contributed by atoms with E-state index in [1.165, 1.54) is 36.0 Å². The first-order valence-corrected chi connectivity index (χ1v) is 9.92. The van der Waals surface area contributed by atoms with Gasteiger partial charge in [-0.05, 0) is 43.9 Å². The minimum atomic E-state index is 0.773. The number of hydrogen-bond acceptors (Lipinski definition) is 4. The average Bonchev–Trinajstić information content (AvgIpc) is 3.28. The molecule has 1 aliphatic rings. The van der Waals surface area contributed by atoms with Crippen molar-refractivity contribution in [2.75, 3.05) is 18.0 Å². The van der Waals surface area contributed by atoms with Crippen LogP contribution in [0, 0.1) is 6.92 Å². The quantitative estimate of drug-likeness (QED) is 0.553. The normalized spacial score (nSPS) is 14.5. The van der Waals surface area contributed by atoms with E-state index in [4.69, 9.17) is 4.98 Å². The number of aromatic nitrogens is 4. The van der Waals surface area contributed by atoms with E-state index >= 15 is 0 Å². The number of aromatic amines is 1. The molecule has 2 aromatic heterocycles. The van der Waals surface area contributed by atoms with Gasteiger partial charge < -0.3 is 4.90 Å². The van der Waals surface area contributed by atoms with Crippen LogP contribution in [0.4, 0.5) is 5.82 Å². The maximum atomic E-state index is 5.12. The molecular formula is C23H23N5. The minimum Gasteiger partial charge on any atom is -0.356 e. The molecule has 0 bridgehead atoms. The fraction of sp³-hybridized carbons (Fsp3) is 0.261. The van der Waals surface area contributed by atoms with Crippen LogP contribution >= 0.6 is 0 Å². The van der Waals surface area contributed by atoms with Crippen LogP contribution in [-0.4, -0.2) is 33.3 Å². The Morgan fingerprint density at radius 3 is 2.50 bits per heavy atom.